The first kappa shape index (κ1) is 30.2. The highest BCUT2D eigenvalue weighted by Gasteiger charge is 2.65. The standard InChI is InChI=1S/C29H51NO7S/c1-17(2)30(12-13-38(35,36)37)26(34)9-6-18(3)21-7-8-22-27-23(16-25(33)29(21,22)5)28(4)11-10-20(31)14-19(28)15-24(27)32/h17-25,27,31-33H,6-16H2,1-5H3,(H,35,36,37)/t18-,19+,20-,21-,22+,23+,24-,25+,27+,28+,29-/m1/s1. The van der Waals surface area contributed by atoms with Crippen molar-refractivity contribution in [3.8, 4) is 0 Å². The van der Waals surface area contributed by atoms with Gasteiger partial charge >= 0.3 is 0 Å². The van der Waals surface area contributed by atoms with Crippen LogP contribution in [0.15, 0.2) is 0 Å². The molecule has 0 radical (unpaired) electrons. The molecule has 0 aliphatic heterocycles. The van der Waals surface area contributed by atoms with Gasteiger partial charge in [-0.2, -0.15) is 8.42 Å². The molecule has 4 aliphatic rings. The molecule has 8 nitrogen and oxygen atoms in total. The zero-order valence-corrected chi connectivity index (χ0v) is 24.7. The fourth-order valence-electron chi connectivity index (χ4n) is 9.71. The van der Waals surface area contributed by atoms with Gasteiger partial charge in [-0.25, -0.2) is 0 Å². The van der Waals surface area contributed by atoms with E-state index in [4.69, 9.17) is 4.55 Å². The third kappa shape index (κ3) is 5.44. The van der Waals surface area contributed by atoms with Crippen molar-refractivity contribution >= 4 is 16.0 Å². The third-order valence-electron chi connectivity index (χ3n) is 11.9. The van der Waals surface area contributed by atoms with Crippen LogP contribution in [0.2, 0.25) is 0 Å². The predicted octanol–water partition coefficient (Wildman–Crippen LogP) is 3.49. The minimum absolute atomic E-state index is 0.0244. The number of carbonyl (C=O) groups excluding carboxylic acids is 1. The van der Waals surface area contributed by atoms with Crippen LogP contribution in [0.25, 0.3) is 0 Å². The van der Waals surface area contributed by atoms with E-state index in [0.29, 0.717) is 25.2 Å². The predicted molar refractivity (Wildman–Crippen MR) is 146 cm³/mol. The van der Waals surface area contributed by atoms with E-state index in [9.17, 15) is 28.5 Å². The molecular formula is C29H51NO7S. The fourth-order valence-corrected chi connectivity index (χ4v) is 10.1. The molecular weight excluding hydrogens is 506 g/mol. The van der Waals surface area contributed by atoms with E-state index in [2.05, 4.69) is 20.8 Å². The second-order valence-electron chi connectivity index (χ2n) is 14.0. The molecule has 0 unspecified atom stereocenters. The van der Waals surface area contributed by atoms with Crippen molar-refractivity contribution < 1.29 is 33.1 Å². The molecule has 4 aliphatic carbocycles. The summed E-state index contributed by atoms with van der Waals surface area (Å²) in [7, 11) is -4.14. The summed E-state index contributed by atoms with van der Waals surface area (Å²) in [6, 6.07) is -0.163. The van der Waals surface area contributed by atoms with E-state index in [-0.39, 0.29) is 65.0 Å². The molecule has 4 saturated carbocycles. The average molecular weight is 558 g/mol. The number of rotatable bonds is 8. The Hall–Kier alpha value is -0.740. The minimum Gasteiger partial charge on any atom is -0.393 e. The van der Waals surface area contributed by atoms with Gasteiger partial charge in [0.15, 0.2) is 0 Å². The van der Waals surface area contributed by atoms with Gasteiger partial charge in [0.2, 0.25) is 5.91 Å². The van der Waals surface area contributed by atoms with Gasteiger partial charge < -0.3 is 20.2 Å². The lowest BCUT2D eigenvalue weighted by Crippen LogP contribution is -2.62. The van der Waals surface area contributed by atoms with Gasteiger partial charge in [-0.15, -0.1) is 0 Å². The van der Waals surface area contributed by atoms with Gasteiger partial charge in [0.1, 0.15) is 0 Å². The van der Waals surface area contributed by atoms with Crippen molar-refractivity contribution in [3.05, 3.63) is 0 Å². The van der Waals surface area contributed by atoms with Crippen LogP contribution < -0.4 is 0 Å². The van der Waals surface area contributed by atoms with Crippen LogP contribution in [-0.4, -0.2) is 75.7 Å². The Labute approximate surface area is 229 Å². The minimum atomic E-state index is -4.14. The van der Waals surface area contributed by atoms with Crippen molar-refractivity contribution in [2.45, 2.75) is 117 Å². The number of hydrogen-bond donors (Lipinski definition) is 4. The second kappa shape index (κ2) is 10.9. The molecule has 4 N–H and O–H groups in total. The second-order valence-corrected chi connectivity index (χ2v) is 15.6. The molecule has 1 amide bonds. The number of fused-ring (bicyclic) bond motifs is 5. The van der Waals surface area contributed by atoms with E-state index < -0.39 is 28.1 Å². The quantitative estimate of drug-likeness (QED) is 0.336. The SMILES string of the molecule is CC(C)N(CCS(=O)(=O)O)C(=O)CC[C@@H](C)[C@H]1CC[C@H]2[C@@H]3[C@H](O)C[C@@H]4C[C@H](O)CC[C@]4(C)[C@H]3C[C@H](O)[C@]12C. The summed E-state index contributed by atoms with van der Waals surface area (Å²) in [6.07, 6.45) is 5.69. The van der Waals surface area contributed by atoms with Crippen molar-refractivity contribution in [1.29, 1.82) is 0 Å². The van der Waals surface area contributed by atoms with Crippen molar-refractivity contribution in [3.63, 3.8) is 0 Å². The molecule has 0 bridgehead atoms. The van der Waals surface area contributed by atoms with E-state index in [0.717, 1.165) is 38.5 Å². The molecule has 11 atom stereocenters. The van der Waals surface area contributed by atoms with E-state index in [1.807, 2.05) is 13.8 Å². The fraction of sp³-hybridized carbons (Fsp3) is 0.966. The number of hydrogen-bond acceptors (Lipinski definition) is 6. The number of aliphatic hydroxyl groups excluding tert-OH is 3. The van der Waals surface area contributed by atoms with Crippen molar-refractivity contribution in [2.24, 2.45) is 46.3 Å². The Kier molecular flexibility index (Phi) is 8.68. The van der Waals surface area contributed by atoms with E-state index in [1.54, 1.807) is 0 Å². The first-order chi connectivity index (χ1) is 17.6. The summed E-state index contributed by atoms with van der Waals surface area (Å²) in [5.74, 6) is 0.819. The molecule has 0 aromatic carbocycles. The largest absolute Gasteiger partial charge is 0.393 e. The number of nitrogens with zero attached hydrogens (tertiary/aromatic N) is 1. The molecule has 0 spiro atoms. The Morgan fingerprint density at radius 2 is 1.68 bits per heavy atom. The lowest BCUT2D eigenvalue weighted by molar-refractivity contribution is -0.207. The summed E-state index contributed by atoms with van der Waals surface area (Å²) in [5, 5.41) is 33.5. The van der Waals surface area contributed by atoms with Gasteiger partial charge in [-0.3, -0.25) is 9.35 Å². The van der Waals surface area contributed by atoms with Crippen LogP contribution in [0, 0.1) is 46.3 Å². The summed E-state index contributed by atoms with van der Waals surface area (Å²) in [4.78, 5) is 14.5. The lowest BCUT2D eigenvalue weighted by Gasteiger charge is -2.63. The average Bonchev–Trinajstić information content (AvgIpc) is 3.17. The van der Waals surface area contributed by atoms with Crippen LogP contribution >= 0.6 is 0 Å². The zero-order chi connectivity index (χ0) is 28.2. The third-order valence-corrected chi connectivity index (χ3v) is 12.6. The maximum atomic E-state index is 13.0. The van der Waals surface area contributed by atoms with E-state index >= 15 is 0 Å². The highest BCUT2D eigenvalue weighted by Crippen LogP contribution is 2.68. The number of amides is 1. The number of aliphatic hydroxyl groups is 3. The summed E-state index contributed by atoms with van der Waals surface area (Å²) < 4.78 is 31.6. The molecule has 0 heterocycles. The highest BCUT2D eigenvalue weighted by atomic mass is 32.2. The molecule has 0 aromatic heterocycles. The Bertz CT molecular complexity index is 972. The molecule has 220 valence electrons. The smallest absolute Gasteiger partial charge is 0.266 e. The molecule has 9 heteroatoms. The Balaban J connectivity index is 1.46. The number of carbonyl (C=O) groups is 1. The Morgan fingerprint density at radius 3 is 2.32 bits per heavy atom. The van der Waals surface area contributed by atoms with Gasteiger partial charge in [0.05, 0.1) is 24.1 Å². The maximum Gasteiger partial charge on any atom is 0.266 e. The Morgan fingerprint density at radius 1 is 1.00 bits per heavy atom. The van der Waals surface area contributed by atoms with Gasteiger partial charge in [0.25, 0.3) is 10.1 Å². The van der Waals surface area contributed by atoms with Crippen molar-refractivity contribution in [2.75, 3.05) is 12.3 Å². The topological polar surface area (TPSA) is 135 Å². The maximum absolute atomic E-state index is 13.0. The van der Waals surface area contributed by atoms with Crippen LogP contribution in [0.4, 0.5) is 0 Å². The van der Waals surface area contributed by atoms with Crippen LogP contribution in [0.1, 0.15) is 92.4 Å². The molecule has 38 heavy (non-hydrogen) atoms. The first-order valence-electron chi connectivity index (χ1n) is 14.9. The van der Waals surface area contributed by atoms with Crippen LogP contribution in [0.3, 0.4) is 0 Å². The van der Waals surface area contributed by atoms with Crippen LogP contribution in [0.5, 0.6) is 0 Å². The molecule has 0 aromatic rings. The molecule has 4 fully saturated rings. The zero-order valence-electron chi connectivity index (χ0n) is 23.9. The van der Waals surface area contributed by atoms with Gasteiger partial charge in [-0.1, -0.05) is 20.8 Å². The van der Waals surface area contributed by atoms with Gasteiger partial charge in [-0.05, 0) is 112 Å². The lowest BCUT2D eigenvalue weighted by atomic mass is 9.43. The summed E-state index contributed by atoms with van der Waals surface area (Å²) in [6.45, 7) is 10.4. The van der Waals surface area contributed by atoms with Crippen LogP contribution in [-0.2, 0) is 14.9 Å². The van der Waals surface area contributed by atoms with E-state index in [1.165, 1.54) is 4.90 Å². The molecule has 0 saturated heterocycles. The normalized spacial score (nSPS) is 43.7. The summed E-state index contributed by atoms with van der Waals surface area (Å²) >= 11 is 0. The molecule has 4 rings (SSSR count). The van der Waals surface area contributed by atoms with Crippen molar-refractivity contribution in [1.82, 2.24) is 4.90 Å². The van der Waals surface area contributed by atoms with Gasteiger partial charge in [0, 0.05) is 19.0 Å². The summed E-state index contributed by atoms with van der Waals surface area (Å²) in [5.41, 5.74) is -0.269. The highest BCUT2D eigenvalue weighted by molar-refractivity contribution is 7.85. The monoisotopic (exact) mass is 557 g/mol. The first-order valence-corrected chi connectivity index (χ1v) is 16.5.